The van der Waals surface area contributed by atoms with Crippen LogP contribution in [0.4, 0.5) is 19.0 Å². The van der Waals surface area contributed by atoms with Crippen LogP contribution in [-0.4, -0.2) is 59.0 Å². The fraction of sp³-hybridized carbons (Fsp3) is 0.286. The van der Waals surface area contributed by atoms with Gasteiger partial charge >= 0.3 is 5.97 Å². The molecular formula is C21H19F3N4O6S. The summed E-state index contributed by atoms with van der Waals surface area (Å²) >= 11 is 0. The minimum absolute atomic E-state index is 0.0272. The van der Waals surface area contributed by atoms with E-state index < -0.39 is 44.5 Å². The Morgan fingerprint density at radius 1 is 1.14 bits per heavy atom. The summed E-state index contributed by atoms with van der Waals surface area (Å²) in [5.74, 6) is -3.70. The van der Waals surface area contributed by atoms with Crippen molar-refractivity contribution in [3.8, 4) is 5.69 Å². The highest BCUT2D eigenvalue weighted by Crippen LogP contribution is 2.45. The SMILES string of the molecule is CS(=O)(=O)O.NC1C2CN(c3nc4c(cc3F)c(=O)c(C(=O)O)cn4-c3ccc(F)cc3F)CC12. The van der Waals surface area contributed by atoms with Crippen LogP contribution in [0.5, 0.6) is 0 Å². The van der Waals surface area contributed by atoms with Gasteiger partial charge in [0, 0.05) is 31.4 Å². The Balaban J connectivity index is 0.000000527. The number of aromatic carboxylic acids is 1. The topological polar surface area (TPSA) is 156 Å². The predicted octanol–water partition coefficient (Wildman–Crippen LogP) is 1.40. The van der Waals surface area contributed by atoms with Crippen molar-refractivity contribution in [1.29, 1.82) is 0 Å². The van der Waals surface area contributed by atoms with E-state index in [1.165, 1.54) is 0 Å². The molecule has 4 N–H and O–H groups in total. The molecule has 0 radical (unpaired) electrons. The maximum Gasteiger partial charge on any atom is 0.341 e. The number of hydrogen-bond acceptors (Lipinski definition) is 7. The zero-order valence-corrected chi connectivity index (χ0v) is 18.8. The van der Waals surface area contributed by atoms with Crippen molar-refractivity contribution >= 4 is 32.9 Å². The van der Waals surface area contributed by atoms with Gasteiger partial charge in [-0.15, -0.1) is 0 Å². The largest absolute Gasteiger partial charge is 0.477 e. The van der Waals surface area contributed by atoms with E-state index in [4.69, 9.17) is 10.3 Å². The van der Waals surface area contributed by atoms with Crippen LogP contribution < -0.4 is 16.1 Å². The summed E-state index contributed by atoms with van der Waals surface area (Å²) in [6.45, 7) is 1.01. The van der Waals surface area contributed by atoms with Crippen molar-refractivity contribution < 1.29 is 36.0 Å². The van der Waals surface area contributed by atoms with Gasteiger partial charge in [0.2, 0.25) is 5.43 Å². The molecule has 186 valence electrons. The summed E-state index contributed by atoms with van der Waals surface area (Å²) in [7, 11) is -3.67. The van der Waals surface area contributed by atoms with E-state index >= 15 is 0 Å². The number of halogens is 3. The molecule has 1 saturated carbocycles. The van der Waals surface area contributed by atoms with E-state index in [1.807, 2.05) is 0 Å². The molecule has 2 aromatic heterocycles. The van der Waals surface area contributed by atoms with Crippen LogP contribution in [0.25, 0.3) is 16.7 Å². The minimum Gasteiger partial charge on any atom is -0.477 e. The fourth-order valence-electron chi connectivity index (χ4n) is 4.19. The first-order valence-corrected chi connectivity index (χ1v) is 12.0. The van der Waals surface area contributed by atoms with Gasteiger partial charge in [-0.05, 0) is 30.0 Å². The van der Waals surface area contributed by atoms with E-state index in [0.717, 1.165) is 29.0 Å². The minimum atomic E-state index is -3.67. The summed E-state index contributed by atoms with van der Waals surface area (Å²) in [4.78, 5) is 30.1. The molecule has 3 heterocycles. The van der Waals surface area contributed by atoms with Crippen molar-refractivity contribution in [3.63, 3.8) is 0 Å². The van der Waals surface area contributed by atoms with E-state index in [9.17, 15) is 36.3 Å². The summed E-state index contributed by atoms with van der Waals surface area (Å²) < 4.78 is 69.6. The number of carbonyl (C=O) groups is 1. The molecule has 0 bridgehead atoms. The first-order valence-electron chi connectivity index (χ1n) is 10.1. The monoisotopic (exact) mass is 512 g/mol. The first-order chi connectivity index (χ1) is 16.3. The Hall–Kier alpha value is -3.49. The van der Waals surface area contributed by atoms with E-state index in [1.54, 1.807) is 4.90 Å². The zero-order valence-electron chi connectivity index (χ0n) is 18.0. The van der Waals surface area contributed by atoms with Gasteiger partial charge in [0.15, 0.2) is 17.3 Å². The number of piperidine rings is 1. The number of nitrogens with zero attached hydrogens (tertiary/aromatic N) is 3. The molecule has 2 atom stereocenters. The quantitative estimate of drug-likeness (QED) is 0.442. The number of hydrogen-bond donors (Lipinski definition) is 3. The number of anilines is 1. The highest BCUT2D eigenvalue weighted by molar-refractivity contribution is 7.85. The highest BCUT2D eigenvalue weighted by atomic mass is 32.2. The van der Waals surface area contributed by atoms with Crippen molar-refractivity contribution in [1.82, 2.24) is 9.55 Å². The molecule has 35 heavy (non-hydrogen) atoms. The number of aromatic nitrogens is 2. The molecular weight excluding hydrogens is 493 g/mol. The maximum atomic E-state index is 14.8. The van der Waals surface area contributed by atoms with Gasteiger partial charge in [-0.2, -0.15) is 8.42 Å². The van der Waals surface area contributed by atoms with Gasteiger partial charge in [0.05, 0.1) is 17.3 Å². The molecule has 1 saturated heterocycles. The van der Waals surface area contributed by atoms with Gasteiger partial charge in [-0.25, -0.2) is 22.9 Å². The lowest BCUT2D eigenvalue weighted by atomic mass is 10.1. The van der Waals surface area contributed by atoms with Gasteiger partial charge in [-0.3, -0.25) is 13.9 Å². The lowest BCUT2D eigenvalue weighted by molar-refractivity contribution is 0.0695. The summed E-state index contributed by atoms with van der Waals surface area (Å²) in [6, 6.07) is 3.69. The fourth-order valence-corrected chi connectivity index (χ4v) is 4.19. The van der Waals surface area contributed by atoms with Gasteiger partial charge in [0.25, 0.3) is 10.1 Å². The lowest BCUT2D eigenvalue weighted by Gasteiger charge is -2.22. The normalized spacial score (nSPS) is 20.9. The second-order valence-electron chi connectivity index (χ2n) is 8.35. The van der Waals surface area contributed by atoms with Crippen LogP contribution >= 0.6 is 0 Å². The molecule has 14 heteroatoms. The number of benzene rings is 1. The number of rotatable bonds is 3. The summed E-state index contributed by atoms with van der Waals surface area (Å²) in [5, 5.41) is 9.05. The smallest absolute Gasteiger partial charge is 0.341 e. The Kier molecular flexibility index (Phi) is 6.07. The van der Waals surface area contributed by atoms with Crippen LogP contribution in [0, 0.1) is 29.3 Å². The number of carboxylic acid groups (broad SMARTS) is 1. The summed E-state index contributed by atoms with van der Waals surface area (Å²) in [5.41, 5.74) is 3.94. The van der Waals surface area contributed by atoms with Gasteiger partial charge in [-0.1, -0.05) is 0 Å². The Bertz CT molecular complexity index is 1510. The van der Waals surface area contributed by atoms with Crippen molar-refractivity contribution in [2.45, 2.75) is 6.04 Å². The van der Waals surface area contributed by atoms with Crippen LogP contribution in [0.2, 0.25) is 0 Å². The Morgan fingerprint density at radius 3 is 2.29 bits per heavy atom. The third kappa shape index (κ3) is 4.85. The second kappa shape index (κ2) is 8.62. The molecule has 2 fully saturated rings. The van der Waals surface area contributed by atoms with Crippen LogP contribution in [0.3, 0.4) is 0 Å². The highest BCUT2D eigenvalue weighted by Gasteiger charge is 2.54. The molecule has 2 aliphatic rings. The van der Waals surface area contributed by atoms with Gasteiger partial charge < -0.3 is 15.7 Å². The Morgan fingerprint density at radius 2 is 1.74 bits per heavy atom. The molecule has 1 aliphatic heterocycles. The molecule has 3 aromatic rings. The molecule has 1 aromatic carbocycles. The maximum absolute atomic E-state index is 14.8. The molecule has 5 rings (SSSR count). The average molecular weight is 512 g/mol. The standard InChI is InChI=1S/C20H15F3N4O3.CH4O3S/c21-8-1-2-15(13(22)3-8)27-7-12(20(29)30)17(28)9-4-14(23)19(25-18(9)27)26-5-10-11(6-26)16(10)24;1-5(2,3)4/h1-4,7,10-11,16H,5-6,24H2,(H,29,30);1H3,(H,2,3,4). The van der Waals surface area contributed by atoms with Crippen LogP contribution in [0.15, 0.2) is 35.3 Å². The third-order valence-electron chi connectivity index (χ3n) is 5.87. The number of fused-ring (bicyclic) bond motifs is 2. The molecule has 0 amide bonds. The predicted molar refractivity (Wildman–Crippen MR) is 119 cm³/mol. The van der Waals surface area contributed by atoms with Crippen LogP contribution in [0.1, 0.15) is 10.4 Å². The number of pyridine rings is 2. The number of nitrogens with two attached hydrogens (primary N) is 1. The Labute approximate surface area is 196 Å². The van der Waals surface area contributed by atoms with Gasteiger partial charge in [0.1, 0.15) is 17.2 Å². The molecule has 10 nitrogen and oxygen atoms in total. The zero-order chi connectivity index (χ0) is 25.8. The van der Waals surface area contributed by atoms with Crippen LogP contribution in [-0.2, 0) is 10.1 Å². The lowest BCUT2D eigenvalue weighted by Crippen LogP contribution is -2.30. The first kappa shape index (κ1) is 24.6. The van der Waals surface area contributed by atoms with E-state index in [-0.39, 0.29) is 40.4 Å². The third-order valence-corrected chi connectivity index (χ3v) is 5.87. The summed E-state index contributed by atoms with van der Waals surface area (Å²) in [6.07, 6.45) is 1.63. The molecule has 0 spiro atoms. The van der Waals surface area contributed by atoms with Crippen molar-refractivity contribution in [2.75, 3.05) is 24.2 Å². The average Bonchev–Trinajstić information content (AvgIpc) is 3.14. The molecule has 2 unspecified atom stereocenters. The van der Waals surface area contributed by atoms with E-state index in [0.29, 0.717) is 25.4 Å². The van der Waals surface area contributed by atoms with Crippen molar-refractivity contribution in [2.24, 2.45) is 17.6 Å². The van der Waals surface area contributed by atoms with E-state index in [2.05, 4.69) is 4.98 Å². The second-order valence-corrected chi connectivity index (χ2v) is 9.82. The molecule has 1 aliphatic carbocycles. The number of carboxylic acids is 1. The van der Waals surface area contributed by atoms with Crippen molar-refractivity contribution in [3.05, 3.63) is 63.7 Å².